The second-order valence-electron chi connectivity index (χ2n) is 8.38. The highest BCUT2D eigenvalue weighted by Gasteiger charge is 2.20. The van der Waals surface area contributed by atoms with Gasteiger partial charge in [0.25, 0.3) is 0 Å². The lowest BCUT2D eigenvalue weighted by Crippen LogP contribution is -1.77. The van der Waals surface area contributed by atoms with Crippen LogP contribution in [-0.2, 0) is 0 Å². The molecule has 0 amide bonds. The molecular formula is C24H20N2S4. The number of thiophene rings is 3. The fraction of sp³-hybridized carbons (Fsp3) is 0.250. The summed E-state index contributed by atoms with van der Waals surface area (Å²) >= 11 is 7.15. The van der Waals surface area contributed by atoms with Crippen LogP contribution in [0.5, 0.6) is 0 Å². The van der Waals surface area contributed by atoms with Gasteiger partial charge in [-0.05, 0) is 36.1 Å². The van der Waals surface area contributed by atoms with E-state index in [0.29, 0.717) is 11.8 Å². The number of nitrogens with zero attached hydrogens (tertiary/aromatic N) is 2. The molecule has 6 aromatic rings. The Kier molecular flexibility index (Phi) is 4.29. The third-order valence-corrected chi connectivity index (χ3v) is 10.4. The summed E-state index contributed by atoms with van der Waals surface area (Å²) in [7, 11) is 0. The zero-order valence-electron chi connectivity index (χ0n) is 17.1. The maximum absolute atomic E-state index is 4.59. The monoisotopic (exact) mass is 464 g/mol. The van der Waals surface area contributed by atoms with Gasteiger partial charge in [0.2, 0.25) is 0 Å². The maximum Gasteiger partial charge on any atom is 0.113 e. The molecule has 0 aliphatic heterocycles. The van der Waals surface area contributed by atoms with E-state index in [-0.39, 0.29) is 0 Å². The number of aromatic nitrogens is 2. The van der Waals surface area contributed by atoms with Gasteiger partial charge in [0.05, 0.1) is 21.1 Å². The van der Waals surface area contributed by atoms with Crippen molar-refractivity contribution >= 4 is 87.0 Å². The van der Waals surface area contributed by atoms with Gasteiger partial charge in [-0.15, -0.1) is 34.0 Å². The lowest BCUT2D eigenvalue weighted by Gasteiger charge is -1.97. The van der Waals surface area contributed by atoms with Crippen molar-refractivity contribution in [2.24, 2.45) is 0 Å². The lowest BCUT2D eigenvalue weighted by atomic mass is 10.1. The Bertz CT molecular complexity index is 1480. The molecule has 0 atom stereocenters. The second kappa shape index (κ2) is 6.82. The van der Waals surface area contributed by atoms with Gasteiger partial charge < -0.3 is 0 Å². The van der Waals surface area contributed by atoms with Gasteiger partial charge in [0.15, 0.2) is 0 Å². The average Bonchev–Trinajstić information content (AvgIpc) is 3.50. The molecule has 0 unspecified atom stereocenters. The Morgan fingerprint density at radius 3 is 2.13 bits per heavy atom. The predicted octanol–water partition coefficient (Wildman–Crippen LogP) is 9.25. The van der Waals surface area contributed by atoms with Crippen LogP contribution in [0.25, 0.3) is 51.7 Å². The van der Waals surface area contributed by atoms with E-state index in [9.17, 15) is 0 Å². The highest BCUT2D eigenvalue weighted by Crippen LogP contribution is 2.49. The SMILES string of the molecule is CC(C)c1cc2c3cc(-c4cccc5nsnc45)sc3c3sc(C(C)C)cc3c2s1. The molecule has 4 aromatic heterocycles. The normalized spacial score (nSPS) is 12.6. The van der Waals surface area contributed by atoms with Gasteiger partial charge >= 0.3 is 0 Å². The number of hydrogen-bond donors (Lipinski definition) is 0. The highest BCUT2D eigenvalue weighted by molar-refractivity contribution is 7.30. The van der Waals surface area contributed by atoms with E-state index >= 15 is 0 Å². The summed E-state index contributed by atoms with van der Waals surface area (Å²) < 4.78 is 13.3. The van der Waals surface area contributed by atoms with Crippen LogP contribution in [0.4, 0.5) is 0 Å². The number of rotatable bonds is 3. The van der Waals surface area contributed by atoms with Crippen LogP contribution >= 0.6 is 45.7 Å². The van der Waals surface area contributed by atoms with Crippen LogP contribution in [-0.4, -0.2) is 8.75 Å². The topological polar surface area (TPSA) is 25.8 Å². The molecular weight excluding hydrogens is 445 g/mol. The fourth-order valence-corrected chi connectivity index (χ4v) is 8.36. The molecule has 0 aliphatic carbocycles. The summed E-state index contributed by atoms with van der Waals surface area (Å²) in [5.74, 6) is 1.09. The molecule has 0 N–H and O–H groups in total. The largest absolute Gasteiger partial charge is 0.173 e. The minimum absolute atomic E-state index is 0.545. The first-order valence-corrected chi connectivity index (χ1v) is 13.3. The molecule has 2 nitrogen and oxygen atoms in total. The van der Waals surface area contributed by atoms with Gasteiger partial charge in [-0.1, -0.05) is 39.8 Å². The Labute approximate surface area is 191 Å². The van der Waals surface area contributed by atoms with Crippen LogP contribution in [0, 0.1) is 0 Å². The third kappa shape index (κ3) is 2.71. The van der Waals surface area contributed by atoms with E-state index in [1.165, 1.54) is 62.2 Å². The smallest absolute Gasteiger partial charge is 0.113 e. The molecule has 0 aliphatic rings. The lowest BCUT2D eigenvalue weighted by molar-refractivity contribution is 0.890. The fourth-order valence-electron chi connectivity index (χ4n) is 4.02. The summed E-state index contributed by atoms with van der Waals surface area (Å²) in [4.78, 5) is 4.22. The number of hydrogen-bond acceptors (Lipinski definition) is 6. The average molecular weight is 465 g/mol. The summed E-state index contributed by atoms with van der Waals surface area (Å²) in [5, 5.41) is 4.23. The molecule has 4 heterocycles. The van der Waals surface area contributed by atoms with Gasteiger partial charge in [-0.2, -0.15) is 8.75 Å². The van der Waals surface area contributed by atoms with Crippen molar-refractivity contribution in [1.29, 1.82) is 0 Å². The molecule has 0 saturated heterocycles. The molecule has 0 bridgehead atoms. The Hall–Kier alpha value is -1.86. The summed E-state index contributed by atoms with van der Waals surface area (Å²) in [5.41, 5.74) is 3.20. The van der Waals surface area contributed by atoms with Gasteiger partial charge in [-0.3, -0.25) is 0 Å². The standard InChI is InChI=1S/C24H20N2S4/c1-11(2)18-8-14-15-9-20(13-6-5-7-17-21(13)26-30-25-17)29-23(15)24-16(22(14)27-18)10-19(28-24)12(3)4/h5-12H,1-4H3. The van der Waals surface area contributed by atoms with Crippen molar-refractivity contribution in [3.05, 3.63) is 46.2 Å². The van der Waals surface area contributed by atoms with Crippen molar-refractivity contribution in [3.8, 4) is 10.4 Å². The van der Waals surface area contributed by atoms with Gasteiger partial charge in [0.1, 0.15) is 11.0 Å². The highest BCUT2D eigenvalue weighted by atomic mass is 32.1. The van der Waals surface area contributed by atoms with Crippen molar-refractivity contribution in [3.63, 3.8) is 0 Å². The molecule has 30 heavy (non-hydrogen) atoms. The zero-order valence-corrected chi connectivity index (χ0v) is 20.4. The van der Waals surface area contributed by atoms with Crippen LogP contribution in [0.15, 0.2) is 36.4 Å². The molecule has 0 spiro atoms. The molecule has 0 radical (unpaired) electrons. The summed E-state index contributed by atoms with van der Waals surface area (Å²) in [6.07, 6.45) is 0. The van der Waals surface area contributed by atoms with E-state index in [4.69, 9.17) is 0 Å². The van der Waals surface area contributed by atoms with Crippen molar-refractivity contribution in [2.75, 3.05) is 0 Å². The van der Waals surface area contributed by atoms with Crippen molar-refractivity contribution < 1.29 is 0 Å². The first-order chi connectivity index (χ1) is 14.5. The Morgan fingerprint density at radius 1 is 0.700 bits per heavy atom. The first kappa shape index (κ1) is 18.9. The van der Waals surface area contributed by atoms with E-state index < -0.39 is 0 Å². The first-order valence-electron chi connectivity index (χ1n) is 10.1. The van der Waals surface area contributed by atoms with Gasteiger partial charge in [-0.25, -0.2) is 0 Å². The molecule has 150 valence electrons. The van der Waals surface area contributed by atoms with Crippen molar-refractivity contribution in [2.45, 2.75) is 39.5 Å². The molecule has 2 aromatic carbocycles. The number of fused-ring (bicyclic) bond motifs is 7. The zero-order chi connectivity index (χ0) is 20.6. The predicted molar refractivity (Wildman–Crippen MR) is 137 cm³/mol. The van der Waals surface area contributed by atoms with E-state index in [0.717, 1.165) is 11.0 Å². The van der Waals surface area contributed by atoms with Crippen LogP contribution in [0.2, 0.25) is 0 Å². The molecule has 0 saturated carbocycles. The second-order valence-corrected chi connectivity index (χ2v) is 12.1. The third-order valence-electron chi connectivity index (χ3n) is 5.66. The number of benzene rings is 2. The minimum Gasteiger partial charge on any atom is -0.173 e. The van der Waals surface area contributed by atoms with Gasteiger partial charge in [0, 0.05) is 41.1 Å². The molecule has 6 heteroatoms. The summed E-state index contributed by atoms with van der Waals surface area (Å²) in [6, 6.07) is 13.6. The minimum atomic E-state index is 0.545. The summed E-state index contributed by atoms with van der Waals surface area (Å²) in [6.45, 7) is 9.17. The Morgan fingerprint density at radius 2 is 1.37 bits per heavy atom. The van der Waals surface area contributed by atoms with Crippen LogP contribution in [0.3, 0.4) is 0 Å². The Balaban J connectivity index is 1.74. The van der Waals surface area contributed by atoms with E-state index in [2.05, 4.69) is 66.8 Å². The quantitative estimate of drug-likeness (QED) is 0.261. The van der Waals surface area contributed by atoms with Crippen molar-refractivity contribution in [1.82, 2.24) is 8.75 Å². The maximum atomic E-state index is 4.59. The van der Waals surface area contributed by atoms with E-state index in [1.807, 2.05) is 40.1 Å². The molecule has 6 rings (SSSR count). The van der Waals surface area contributed by atoms with Crippen LogP contribution in [0.1, 0.15) is 49.3 Å². The van der Waals surface area contributed by atoms with E-state index in [1.54, 1.807) is 0 Å². The van der Waals surface area contributed by atoms with Crippen LogP contribution < -0.4 is 0 Å². The molecule has 0 fully saturated rings.